The summed E-state index contributed by atoms with van der Waals surface area (Å²) in [6, 6.07) is 0. The van der Waals surface area contributed by atoms with Crippen LogP contribution in [0, 0.1) is 40.4 Å². The Hall–Kier alpha value is -0.340. The van der Waals surface area contributed by atoms with Crippen LogP contribution in [0.5, 0.6) is 0 Å². The molecule has 29 heavy (non-hydrogen) atoms. The van der Waals surface area contributed by atoms with Crippen molar-refractivity contribution in [3.63, 3.8) is 0 Å². The van der Waals surface area contributed by atoms with Crippen LogP contribution in [0.1, 0.15) is 105 Å². The highest BCUT2D eigenvalue weighted by Gasteiger charge is 2.61. The van der Waals surface area contributed by atoms with E-state index in [1.165, 1.54) is 44.9 Å². The fraction of sp³-hybridized carbons (Fsp3) is 0.926. The number of hydrogen-bond donors (Lipinski definition) is 2. The Morgan fingerprint density at radius 2 is 1.76 bits per heavy atom. The summed E-state index contributed by atoms with van der Waals surface area (Å²) in [5.41, 5.74) is 4.10. The molecule has 0 aromatic heterocycles. The van der Waals surface area contributed by atoms with Crippen molar-refractivity contribution in [1.29, 1.82) is 0 Å². The molecule has 0 amide bonds. The van der Waals surface area contributed by atoms with E-state index in [9.17, 15) is 10.2 Å². The predicted molar refractivity (Wildman–Crippen MR) is 121 cm³/mol. The summed E-state index contributed by atoms with van der Waals surface area (Å²) < 4.78 is 0. The van der Waals surface area contributed by atoms with E-state index in [0.717, 1.165) is 43.4 Å². The smallest absolute Gasteiger partial charge is 0.0577 e. The summed E-state index contributed by atoms with van der Waals surface area (Å²) in [7, 11) is 0. The summed E-state index contributed by atoms with van der Waals surface area (Å²) in [6.07, 6.45) is 12.7. The third kappa shape index (κ3) is 3.65. The molecule has 0 aromatic rings. The molecule has 2 heteroatoms. The molecule has 4 fully saturated rings. The monoisotopic (exact) mass is 402 g/mol. The quantitative estimate of drug-likeness (QED) is 0.527. The second kappa shape index (κ2) is 7.97. The van der Waals surface area contributed by atoms with Gasteiger partial charge >= 0.3 is 0 Å². The van der Waals surface area contributed by atoms with Gasteiger partial charge in [0.25, 0.3) is 0 Å². The topological polar surface area (TPSA) is 40.5 Å². The van der Waals surface area contributed by atoms with E-state index in [4.69, 9.17) is 0 Å². The molecule has 8 atom stereocenters. The summed E-state index contributed by atoms with van der Waals surface area (Å²) in [5, 5.41) is 21.4. The summed E-state index contributed by atoms with van der Waals surface area (Å²) in [6.45, 7) is 12.1. The number of hydrogen-bond acceptors (Lipinski definition) is 2. The minimum absolute atomic E-state index is 0.192. The van der Waals surface area contributed by atoms with Gasteiger partial charge in [0.2, 0.25) is 0 Å². The van der Waals surface area contributed by atoms with E-state index < -0.39 is 0 Å². The fourth-order valence-corrected chi connectivity index (χ4v) is 8.72. The van der Waals surface area contributed by atoms with E-state index >= 15 is 0 Å². The molecule has 0 saturated heterocycles. The third-order valence-corrected chi connectivity index (χ3v) is 10.3. The minimum atomic E-state index is -0.210. The average Bonchev–Trinajstić information content (AvgIpc) is 3.00. The molecule has 166 valence electrons. The second-order valence-electron chi connectivity index (χ2n) is 12.3. The average molecular weight is 403 g/mol. The van der Waals surface area contributed by atoms with Crippen LogP contribution in [-0.4, -0.2) is 22.4 Å². The molecule has 4 saturated carbocycles. The molecule has 0 bridgehead atoms. The number of aliphatic hydroxyl groups is 2. The summed E-state index contributed by atoms with van der Waals surface area (Å²) >= 11 is 0. The van der Waals surface area contributed by atoms with Gasteiger partial charge in [-0.05, 0) is 112 Å². The van der Waals surface area contributed by atoms with Gasteiger partial charge < -0.3 is 10.2 Å². The van der Waals surface area contributed by atoms with E-state index in [2.05, 4.69) is 34.6 Å². The van der Waals surface area contributed by atoms with Crippen LogP contribution in [0.15, 0.2) is 11.1 Å². The van der Waals surface area contributed by atoms with Crippen LogP contribution < -0.4 is 0 Å². The van der Waals surface area contributed by atoms with Gasteiger partial charge in [-0.1, -0.05) is 45.3 Å². The van der Waals surface area contributed by atoms with Gasteiger partial charge in [-0.2, -0.15) is 0 Å². The zero-order chi connectivity index (χ0) is 21.0. The lowest BCUT2D eigenvalue weighted by Gasteiger charge is -2.61. The van der Waals surface area contributed by atoms with Crippen LogP contribution in [0.2, 0.25) is 0 Å². The molecule has 0 heterocycles. The lowest BCUT2D eigenvalue weighted by molar-refractivity contribution is -0.164. The van der Waals surface area contributed by atoms with Crippen molar-refractivity contribution < 1.29 is 10.2 Å². The van der Waals surface area contributed by atoms with Crippen molar-refractivity contribution in [3.05, 3.63) is 11.1 Å². The molecule has 4 aliphatic rings. The third-order valence-electron chi connectivity index (χ3n) is 10.3. The lowest BCUT2D eigenvalue weighted by atomic mass is 9.44. The maximum Gasteiger partial charge on any atom is 0.0577 e. The standard InChI is InChI=1S/C27H46O2/c1-17(2)7-6-8-18(3)21-9-10-22-20-16-25(29)24-15-19(28)11-13-27(24,5)23(20)12-14-26(21,22)4/h17,19-20,22-25,28-29H,6-16H2,1-5H3/b21-18+. The first-order valence-electron chi connectivity index (χ1n) is 12.7. The molecular formula is C27H46O2. The number of rotatable bonds is 4. The maximum atomic E-state index is 11.2. The lowest BCUT2D eigenvalue weighted by Crippen LogP contribution is -2.57. The molecule has 4 aliphatic carbocycles. The summed E-state index contributed by atoms with van der Waals surface area (Å²) in [5.74, 6) is 3.31. The van der Waals surface area contributed by atoms with E-state index in [1.54, 1.807) is 11.1 Å². The SMILES string of the molecule is C/C(CCCC(C)C)=C1/CCC2C3CC(O)C4CC(O)CCC4(C)C3CCC12C. The highest BCUT2D eigenvalue weighted by atomic mass is 16.3. The van der Waals surface area contributed by atoms with Gasteiger partial charge in [0.1, 0.15) is 0 Å². The first-order valence-corrected chi connectivity index (χ1v) is 12.7. The first-order chi connectivity index (χ1) is 13.7. The first kappa shape index (κ1) is 21.9. The van der Waals surface area contributed by atoms with Gasteiger partial charge in [-0.15, -0.1) is 0 Å². The molecule has 0 radical (unpaired) electrons. The van der Waals surface area contributed by atoms with Crippen LogP contribution >= 0.6 is 0 Å². The molecular weight excluding hydrogens is 356 g/mol. The van der Waals surface area contributed by atoms with Crippen LogP contribution in [0.3, 0.4) is 0 Å². The van der Waals surface area contributed by atoms with Gasteiger partial charge in [0, 0.05) is 0 Å². The van der Waals surface area contributed by atoms with Crippen LogP contribution in [0.4, 0.5) is 0 Å². The molecule has 2 nitrogen and oxygen atoms in total. The largest absolute Gasteiger partial charge is 0.393 e. The maximum absolute atomic E-state index is 11.2. The van der Waals surface area contributed by atoms with Crippen molar-refractivity contribution in [2.24, 2.45) is 40.4 Å². The van der Waals surface area contributed by atoms with Gasteiger partial charge in [-0.25, -0.2) is 0 Å². The number of fused-ring (bicyclic) bond motifs is 5. The Labute approximate surface area is 179 Å². The summed E-state index contributed by atoms with van der Waals surface area (Å²) in [4.78, 5) is 0. The number of aliphatic hydroxyl groups excluding tert-OH is 2. The fourth-order valence-electron chi connectivity index (χ4n) is 8.72. The molecule has 0 aromatic carbocycles. The molecule has 8 unspecified atom stereocenters. The number of allylic oxidation sites excluding steroid dienone is 2. The Bertz CT molecular complexity index is 636. The van der Waals surface area contributed by atoms with Crippen LogP contribution in [-0.2, 0) is 0 Å². The van der Waals surface area contributed by atoms with Crippen molar-refractivity contribution in [3.8, 4) is 0 Å². The van der Waals surface area contributed by atoms with E-state index in [0.29, 0.717) is 17.3 Å². The van der Waals surface area contributed by atoms with E-state index in [1.807, 2.05) is 0 Å². The molecule has 4 rings (SSSR count). The van der Waals surface area contributed by atoms with Gasteiger partial charge in [0.05, 0.1) is 12.2 Å². The Kier molecular flexibility index (Phi) is 6.01. The van der Waals surface area contributed by atoms with Crippen LogP contribution in [0.25, 0.3) is 0 Å². The van der Waals surface area contributed by atoms with Crippen molar-refractivity contribution in [1.82, 2.24) is 0 Å². The molecule has 2 N–H and O–H groups in total. The molecule has 0 aliphatic heterocycles. The minimum Gasteiger partial charge on any atom is -0.393 e. The Morgan fingerprint density at radius 1 is 1.00 bits per heavy atom. The zero-order valence-corrected chi connectivity index (χ0v) is 19.7. The second-order valence-corrected chi connectivity index (χ2v) is 12.3. The predicted octanol–water partition coefficient (Wildman–Crippen LogP) is 6.50. The highest BCUT2D eigenvalue weighted by molar-refractivity contribution is 5.28. The molecule has 0 spiro atoms. The van der Waals surface area contributed by atoms with E-state index in [-0.39, 0.29) is 17.6 Å². The van der Waals surface area contributed by atoms with Gasteiger partial charge in [-0.3, -0.25) is 0 Å². The highest BCUT2D eigenvalue weighted by Crippen LogP contribution is 2.67. The Morgan fingerprint density at radius 3 is 2.48 bits per heavy atom. The van der Waals surface area contributed by atoms with Crippen molar-refractivity contribution in [2.75, 3.05) is 0 Å². The van der Waals surface area contributed by atoms with Crippen molar-refractivity contribution in [2.45, 2.75) is 117 Å². The van der Waals surface area contributed by atoms with Gasteiger partial charge in [0.15, 0.2) is 0 Å². The normalized spacial score (nSPS) is 48.8. The van der Waals surface area contributed by atoms with Crippen molar-refractivity contribution >= 4 is 0 Å². The zero-order valence-electron chi connectivity index (χ0n) is 19.7. The Balaban J connectivity index is 1.55.